The number of imidazole rings is 1. The molecule has 0 unspecified atom stereocenters. The molecule has 110 valence electrons. The third kappa shape index (κ3) is 2.82. The van der Waals surface area contributed by atoms with Crippen LogP contribution < -0.4 is 10.1 Å². The highest BCUT2D eigenvalue weighted by Gasteiger charge is 2.12. The van der Waals surface area contributed by atoms with Gasteiger partial charge in [-0.05, 0) is 19.1 Å². The molecule has 0 radical (unpaired) electrons. The number of benzene rings is 1. The van der Waals surface area contributed by atoms with E-state index in [4.69, 9.17) is 0 Å². The molecule has 0 aliphatic heterocycles. The first-order chi connectivity index (χ1) is 10.1. The Bertz CT molecular complexity index is 754. The number of nitrogens with one attached hydrogen (secondary N) is 1. The van der Waals surface area contributed by atoms with Gasteiger partial charge in [0.15, 0.2) is 4.96 Å². The van der Waals surface area contributed by atoms with E-state index in [9.17, 15) is 8.78 Å². The van der Waals surface area contributed by atoms with Crippen LogP contribution in [0.5, 0.6) is 5.75 Å². The van der Waals surface area contributed by atoms with Crippen LogP contribution in [-0.4, -0.2) is 16.0 Å². The first-order valence-electron chi connectivity index (χ1n) is 6.34. The minimum atomic E-state index is -2.84. The van der Waals surface area contributed by atoms with Gasteiger partial charge in [0.25, 0.3) is 0 Å². The maximum atomic E-state index is 12.4. The molecular formula is C14H13F2N3OS. The van der Waals surface area contributed by atoms with Gasteiger partial charge in [-0.25, -0.2) is 4.98 Å². The third-order valence-electron chi connectivity index (χ3n) is 3.11. The summed E-state index contributed by atoms with van der Waals surface area (Å²) in [7, 11) is 0. The van der Waals surface area contributed by atoms with Crippen molar-refractivity contribution in [3.8, 4) is 5.75 Å². The number of para-hydroxylation sites is 2. The van der Waals surface area contributed by atoms with Crippen LogP contribution in [0.25, 0.3) is 4.96 Å². The number of alkyl halides is 2. The zero-order valence-electron chi connectivity index (χ0n) is 11.2. The second-order valence-corrected chi connectivity index (χ2v) is 5.30. The molecule has 7 heteroatoms. The molecule has 0 amide bonds. The molecule has 0 aliphatic rings. The van der Waals surface area contributed by atoms with Crippen molar-refractivity contribution in [2.75, 3.05) is 5.32 Å². The first-order valence-corrected chi connectivity index (χ1v) is 7.22. The molecule has 0 bridgehead atoms. The Morgan fingerprint density at radius 2 is 2.19 bits per heavy atom. The monoisotopic (exact) mass is 309 g/mol. The lowest BCUT2D eigenvalue weighted by molar-refractivity contribution is -0.0493. The van der Waals surface area contributed by atoms with Gasteiger partial charge in [0, 0.05) is 11.6 Å². The van der Waals surface area contributed by atoms with E-state index >= 15 is 0 Å². The Kier molecular flexibility index (Phi) is 3.74. The van der Waals surface area contributed by atoms with Crippen molar-refractivity contribution in [2.45, 2.75) is 20.1 Å². The Morgan fingerprint density at radius 1 is 1.38 bits per heavy atom. The molecule has 1 aromatic carbocycles. The number of hydrogen-bond donors (Lipinski definition) is 1. The molecule has 21 heavy (non-hydrogen) atoms. The van der Waals surface area contributed by atoms with Crippen LogP contribution in [0.2, 0.25) is 0 Å². The van der Waals surface area contributed by atoms with Crippen LogP contribution in [0.15, 0.2) is 35.8 Å². The molecule has 3 aromatic rings. The molecule has 2 aromatic heterocycles. The largest absolute Gasteiger partial charge is 0.433 e. The molecule has 0 saturated heterocycles. The van der Waals surface area contributed by atoms with E-state index in [0.29, 0.717) is 12.2 Å². The van der Waals surface area contributed by atoms with Crippen molar-refractivity contribution < 1.29 is 13.5 Å². The smallest absolute Gasteiger partial charge is 0.387 e. The second kappa shape index (κ2) is 5.69. The summed E-state index contributed by atoms with van der Waals surface area (Å²) in [6, 6.07) is 6.64. The minimum Gasteiger partial charge on any atom is -0.433 e. The van der Waals surface area contributed by atoms with Gasteiger partial charge in [0.05, 0.1) is 23.6 Å². The van der Waals surface area contributed by atoms with Crippen molar-refractivity contribution in [2.24, 2.45) is 0 Å². The summed E-state index contributed by atoms with van der Waals surface area (Å²) < 4.78 is 31.3. The zero-order chi connectivity index (χ0) is 14.8. The van der Waals surface area contributed by atoms with Crippen LogP contribution in [-0.2, 0) is 6.54 Å². The predicted octanol–water partition coefficient (Wildman–Crippen LogP) is 3.92. The SMILES string of the molecule is Cc1nc2sccn2c1CNc1ccccc1OC(F)F. The van der Waals surface area contributed by atoms with Gasteiger partial charge in [-0.2, -0.15) is 8.78 Å². The number of fused-ring (bicyclic) bond motifs is 1. The summed E-state index contributed by atoms with van der Waals surface area (Å²) in [4.78, 5) is 5.36. The average Bonchev–Trinajstić information content (AvgIpc) is 2.98. The van der Waals surface area contributed by atoms with Gasteiger partial charge in [-0.1, -0.05) is 12.1 Å². The van der Waals surface area contributed by atoms with Gasteiger partial charge >= 0.3 is 6.61 Å². The minimum absolute atomic E-state index is 0.135. The Balaban J connectivity index is 1.81. The van der Waals surface area contributed by atoms with Crippen LogP contribution in [0.1, 0.15) is 11.4 Å². The van der Waals surface area contributed by atoms with E-state index in [1.165, 1.54) is 6.07 Å². The molecule has 2 heterocycles. The maximum Gasteiger partial charge on any atom is 0.387 e. The zero-order valence-corrected chi connectivity index (χ0v) is 12.0. The van der Waals surface area contributed by atoms with Crippen LogP contribution >= 0.6 is 11.3 Å². The van der Waals surface area contributed by atoms with Crippen molar-refractivity contribution in [3.63, 3.8) is 0 Å². The molecule has 0 saturated carbocycles. The molecule has 1 N–H and O–H groups in total. The van der Waals surface area contributed by atoms with Crippen LogP contribution in [0.4, 0.5) is 14.5 Å². The van der Waals surface area contributed by atoms with Crippen molar-refractivity contribution in [1.82, 2.24) is 9.38 Å². The number of anilines is 1. The summed E-state index contributed by atoms with van der Waals surface area (Å²) in [5, 5.41) is 5.09. The highest BCUT2D eigenvalue weighted by Crippen LogP contribution is 2.26. The Morgan fingerprint density at radius 3 is 3.00 bits per heavy atom. The number of aryl methyl sites for hydroxylation is 1. The van der Waals surface area contributed by atoms with Crippen LogP contribution in [0.3, 0.4) is 0 Å². The summed E-state index contributed by atoms with van der Waals surface area (Å²) >= 11 is 1.56. The lowest BCUT2D eigenvalue weighted by Crippen LogP contribution is -2.08. The lowest BCUT2D eigenvalue weighted by atomic mass is 10.2. The molecule has 3 rings (SSSR count). The topological polar surface area (TPSA) is 38.6 Å². The van der Waals surface area contributed by atoms with Gasteiger partial charge in [0.2, 0.25) is 0 Å². The number of ether oxygens (including phenoxy) is 1. The summed E-state index contributed by atoms with van der Waals surface area (Å²) in [6.07, 6.45) is 1.94. The molecule has 0 atom stereocenters. The van der Waals surface area contributed by atoms with Crippen molar-refractivity contribution in [1.29, 1.82) is 0 Å². The van der Waals surface area contributed by atoms with Gasteiger partial charge in [-0.15, -0.1) is 11.3 Å². The fourth-order valence-electron chi connectivity index (χ4n) is 2.14. The standard InChI is InChI=1S/C14H13F2N3OS/c1-9-11(19-6-7-21-14(19)18-9)8-17-10-4-2-3-5-12(10)20-13(15)16/h2-7,13,17H,8H2,1H3. The molecule has 0 aliphatic carbocycles. The molecule has 0 spiro atoms. The number of nitrogens with zero attached hydrogens (tertiary/aromatic N) is 2. The number of hydrogen-bond acceptors (Lipinski definition) is 4. The summed E-state index contributed by atoms with van der Waals surface area (Å²) in [6.45, 7) is -0.431. The van der Waals surface area contributed by atoms with E-state index in [1.54, 1.807) is 29.5 Å². The van der Waals surface area contributed by atoms with Gasteiger partial charge in [-0.3, -0.25) is 4.40 Å². The number of thiazole rings is 1. The lowest BCUT2D eigenvalue weighted by Gasteiger charge is -2.12. The normalized spacial score (nSPS) is 11.2. The van der Waals surface area contributed by atoms with E-state index in [2.05, 4.69) is 15.0 Å². The highest BCUT2D eigenvalue weighted by molar-refractivity contribution is 7.15. The average molecular weight is 309 g/mol. The molecule has 4 nitrogen and oxygen atoms in total. The summed E-state index contributed by atoms with van der Waals surface area (Å²) in [5.41, 5.74) is 2.45. The fourth-order valence-corrected chi connectivity index (χ4v) is 2.92. The molecular weight excluding hydrogens is 296 g/mol. The number of rotatable bonds is 5. The van der Waals surface area contributed by atoms with E-state index < -0.39 is 6.61 Å². The van der Waals surface area contributed by atoms with Gasteiger partial charge < -0.3 is 10.1 Å². The Hall–Kier alpha value is -2.15. The van der Waals surface area contributed by atoms with Crippen LogP contribution in [0, 0.1) is 6.92 Å². The number of halogens is 2. The highest BCUT2D eigenvalue weighted by atomic mass is 32.1. The van der Waals surface area contributed by atoms with Gasteiger partial charge in [0.1, 0.15) is 5.75 Å². The van der Waals surface area contributed by atoms with Crippen molar-refractivity contribution in [3.05, 3.63) is 47.2 Å². The van der Waals surface area contributed by atoms with E-state index in [1.807, 2.05) is 22.9 Å². The third-order valence-corrected chi connectivity index (χ3v) is 3.87. The summed E-state index contributed by atoms with van der Waals surface area (Å²) in [5.74, 6) is 0.135. The quantitative estimate of drug-likeness (QED) is 0.776. The Labute approximate surface area is 124 Å². The van der Waals surface area contributed by atoms with E-state index in [0.717, 1.165) is 16.3 Å². The maximum absolute atomic E-state index is 12.4. The second-order valence-electron chi connectivity index (χ2n) is 4.43. The first kappa shape index (κ1) is 13.8. The fraction of sp³-hybridized carbons (Fsp3) is 0.214. The number of aromatic nitrogens is 2. The van der Waals surface area contributed by atoms with Crippen molar-refractivity contribution >= 4 is 22.0 Å². The predicted molar refractivity (Wildman–Crippen MR) is 78.2 cm³/mol. The van der Waals surface area contributed by atoms with E-state index in [-0.39, 0.29) is 5.75 Å². The molecule has 0 fully saturated rings.